The van der Waals surface area contributed by atoms with Gasteiger partial charge in [0.15, 0.2) is 0 Å². The number of anilines is 1. The molecule has 6 amide bonds. The SMILES string of the molecule is CC(NC(=O)CCOCCOCCOCCOCCNC(=O)OCC1c2ccccc2-c2ccccc21)C(=O)NC(C)C(=O)NC(CC(N)=O)C(=O)Nc1ccc(CO)cc1. The standard InChI is InChI=1S/C43H56N6O12/c1-28(40(53)47-29(2)41(54)49-37(25-38(44)51)42(55)48-31-13-11-30(26-50)12-14-31)46-39(52)15-17-57-19-21-59-23-24-60-22-20-58-18-16-45-43(56)61-27-36-34-9-5-3-7-32(34)33-8-4-6-10-35(33)36/h3-14,28-29,36-37,50H,15-27H2,1-2H3,(H2,44,51)(H,45,56)(H,46,52)(H,47,53)(H,48,55)(H,49,54). The molecule has 3 aromatic rings. The zero-order valence-electron chi connectivity index (χ0n) is 34.4. The molecule has 0 fully saturated rings. The van der Waals surface area contributed by atoms with E-state index >= 15 is 0 Å². The minimum Gasteiger partial charge on any atom is -0.449 e. The van der Waals surface area contributed by atoms with Gasteiger partial charge in [-0.1, -0.05) is 60.7 Å². The lowest BCUT2D eigenvalue weighted by Crippen LogP contribution is -2.55. The summed E-state index contributed by atoms with van der Waals surface area (Å²) in [5.41, 5.74) is 10.9. The summed E-state index contributed by atoms with van der Waals surface area (Å²) in [6, 6.07) is 19.2. The van der Waals surface area contributed by atoms with Crippen LogP contribution in [0.1, 0.15) is 49.3 Å². The molecular formula is C43H56N6O12. The highest BCUT2D eigenvalue weighted by molar-refractivity contribution is 6.00. The van der Waals surface area contributed by atoms with Crippen molar-refractivity contribution in [2.75, 3.05) is 71.3 Å². The number of fused-ring (bicyclic) bond motifs is 3. The summed E-state index contributed by atoms with van der Waals surface area (Å²) < 4.78 is 27.4. The van der Waals surface area contributed by atoms with Crippen LogP contribution in [0.2, 0.25) is 0 Å². The van der Waals surface area contributed by atoms with E-state index in [0.29, 0.717) is 50.8 Å². The van der Waals surface area contributed by atoms with E-state index in [9.17, 15) is 33.9 Å². The number of carbonyl (C=O) groups is 6. The van der Waals surface area contributed by atoms with Crippen molar-refractivity contribution in [2.24, 2.45) is 5.73 Å². The van der Waals surface area contributed by atoms with E-state index in [1.54, 1.807) is 24.3 Å². The summed E-state index contributed by atoms with van der Waals surface area (Å²) in [5, 5.41) is 21.9. The number of amides is 6. The molecule has 61 heavy (non-hydrogen) atoms. The van der Waals surface area contributed by atoms with Gasteiger partial charge in [0.25, 0.3) is 0 Å². The number of nitrogens with one attached hydrogen (secondary N) is 5. The number of carbonyl (C=O) groups excluding carboxylic acids is 6. The molecule has 3 unspecified atom stereocenters. The number of nitrogens with two attached hydrogens (primary N) is 1. The maximum Gasteiger partial charge on any atom is 0.407 e. The summed E-state index contributed by atoms with van der Waals surface area (Å²) in [4.78, 5) is 74.4. The summed E-state index contributed by atoms with van der Waals surface area (Å²) in [6.45, 7) is 5.46. The molecule has 18 heteroatoms. The Balaban J connectivity index is 0.955. The number of benzene rings is 3. The number of hydrogen-bond acceptors (Lipinski definition) is 12. The zero-order valence-corrected chi connectivity index (χ0v) is 34.4. The molecule has 0 aromatic heterocycles. The third kappa shape index (κ3) is 16.2. The molecule has 1 aliphatic carbocycles. The Hall–Kier alpha value is -5.92. The molecule has 8 N–H and O–H groups in total. The first-order chi connectivity index (χ1) is 29.5. The van der Waals surface area contributed by atoms with Crippen LogP contribution in [-0.4, -0.2) is 125 Å². The number of rotatable bonds is 27. The highest BCUT2D eigenvalue weighted by Crippen LogP contribution is 2.44. The number of aliphatic hydroxyl groups is 1. The van der Waals surface area contributed by atoms with Crippen molar-refractivity contribution in [1.82, 2.24) is 21.3 Å². The molecule has 0 spiro atoms. The van der Waals surface area contributed by atoms with Crippen LogP contribution in [-0.2, 0) is 54.3 Å². The van der Waals surface area contributed by atoms with Crippen molar-refractivity contribution in [3.8, 4) is 11.1 Å². The van der Waals surface area contributed by atoms with Gasteiger partial charge in [-0.3, -0.25) is 24.0 Å². The second-order valence-corrected chi connectivity index (χ2v) is 14.0. The van der Waals surface area contributed by atoms with E-state index in [1.807, 2.05) is 24.3 Å². The summed E-state index contributed by atoms with van der Waals surface area (Å²) in [5.74, 6) is -3.40. The van der Waals surface area contributed by atoms with Crippen LogP contribution in [0.3, 0.4) is 0 Å². The maximum absolute atomic E-state index is 12.8. The lowest BCUT2D eigenvalue weighted by atomic mass is 9.98. The summed E-state index contributed by atoms with van der Waals surface area (Å²) in [7, 11) is 0. The highest BCUT2D eigenvalue weighted by atomic mass is 16.6. The van der Waals surface area contributed by atoms with E-state index in [1.165, 1.54) is 25.0 Å². The largest absolute Gasteiger partial charge is 0.449 e. The van der Waals surface area contributed by atoms with Gasteiger partial charge in [-0.2, -0.15) is 0 Å². The quantitative estimate of drug-likeness (QED) is 0.0539. The van der Waals surface area contributed by atoms with Crippen LogP contribution < -0.4 is 32.3 Å². The molecule has 18 nitrogen and oxygen atoms in total. The first-order valence-corrected chi connectivity index (χ1v) is 20.1. The zero-order chi connectivity index (χ0) is 44.0. The van der Waals surface area contributed by atoms with Crippen LogP contribution in [0.5, 0.6) is 0 Å². The monoisotopic (exact) mass is 848 g/mol. The lowest BCUT2D eigenvalue weighted by Gasteiger charge is -2.22. The van der Waals surface area contributed by atoms with Gasteiger partial charge in [-0.25, -0.2) is 4.79 Å². The van der Waals surface area contributed by atoms with Gasteiger partial charge in [-0.15, -0.1) is 0 Å². The smallest absolute Gasteiger partial charge is 0.407 e. The van der Waals surface area contributed by atoms with Crippen molar-refractivity contribution in [3.63, 3.8) is 0 Å². The molecule has 330 valence electrons. The second-order valence-electron chi connectivity index (χ2n) is 14.0. The minimum absolute atomic E-state index is 0.00377. The average Bonchev–Trinajstić information content (AvgIpc) is 3.57. The molecule has 0 radical (unpaired) electrons. The Morgan fingerprint density at radius 3 is 1.75 bits per heavy atom. The topological polar surface area (TPSA) is 255 Å². The average molecular weight is 849 g/mol. The normalized spacial score (nSPS) is 13.2. The highest BCUT2D eigenvalue weighted by Gasteiger charge is 2.30. The van der Waals surface area contributed by atoms with Gasteiger partial charge in [-0.05, 0) is 53.8 Å². The Labute approximate surface area is 354 Å². The Kier molecular flexibility index (Phi) is 20.1. The van der Waals surface area contributed by atoms with Gasteiger partial charge in [0.05, 0.1) is 65.9 Å². The molecular weight excluding hydrogens is 793 g/mol. The van der Waals surface area contributed by atoms with E-state index in [2.05, 4.69) is 50.8 Å². The van der Waals surface area contributed by atoms with Gasteiger partial charge < -0.3 is 61.1 Å². The predicted molar refractivity (Wildman–Crippen MR) is 223 cm³/mol. The van der Waals surface area contributed by atoms with Gasteiger partial charge >= 0.3 is 6.09 Å². The Bertz CT molecular complexity index is 1870. The van der Waals surface area contributed by atoms with E-state index in [0.717, 1.165) is 11.1 Å². The van der Waals surface area contributed by atoms with Crippen molar-refractivity contribution in [2.45, 2.75) is 57.3 Å². The fourth-order valence-corrected chi connectivity index (χ4v) is 6.21. The molecule has 1 aliphatic rings. The molecule has 4 rings (SSSR count). The van der Waals surface area contributed by atoms with E-state index in [-0.39, 0.29) is 45.4 Å². The van der Waals surface area contributed by atoms with Crippen molar-refractivity contribution in [1.29, 1.82) is 0 Å². The fraction of sp³-hybridized carbons (Fsp3) is 0.442. The number of aliphatic hydroxyl groups excluding tert-OH is 1. The predicted octanol–water partition coefficient (Wildman–Crippen LogP) is 1.48. The van der Waals surface area contributed by atoms with Gasteiger partial charge in [0.2, 0.25) is 29.5 Å². The Morgan fingerprint density at radius 1 is 0.656 bits per heavy atom. The number of alkyl carbamates (subject to hydrolysis) is 1. The van der Waals surface area contributed by atoms with Crippen LogP contribution in [0.25, 0.3) is 11.1 Å². The van der Waals surface area contributed by atoms with Gasteiger partial charge in [0.1, 0.15) is 24.7 Å². The molecule has 3 aromatic carbocycles. The van der Waals surface area contributed by atoms with E-state index in [4.69, 9.17) is 29.4 Å². The van der Waals surface area contributed by atoms with Crippen molar-refractivity contribution < 1.29 is 57.6 Å². The molecule has 0 aliphatic heterocycles. The summed E-state index contributed by atoms with van der Waals surface area (Å²) >= 11 is 0. The minimum atomic E-state index is -1.32. The van der Waals surface area contributed by atoms with Gasteiger partial charge in [0, 0.05) is 24.6 Å². The van der Waals surface area contributed by atoms with Crippen LogP contribution in [0.15, 0.2) is 72.8 Å². The van der Waals surface area contributed by atoms with Crippen LogP contribution in [0.4, 0.5) is 10.5 Å². The third-order valence-electron chi connectivity index (χ3n) is 9.41. The lowest BCUT2D eigenvalue weighted by molar-refractivity contribution is -0.133. The first-order valence-electron chi connectivity index (χ1n) is 20.1. The molecule has 3 atom stereocenters. The van der Waals surface area contributed by atoms with E-state index < -0.39 is 60.2 Å². The number of ether oxygens (including phenoxy) is 5. The van der Waals surface area contributed by atoms with Crippen molar-refractivity contribution in [3.05, 3.63) is 89.5 Å². The molecule has 0 heterocycles. The maximum atomic E-state index is 12.8. The molecule has 0 saturated heterocycles. The fourth-order valence-electron chi connectivity index (χ4n) is 6.21. The second kappa shape index (κ2) is 25.6. The van der Waals surface area contributed by atoms with Crippen LogP contribution >= 0.6 is 0 Å². The Morgan fingerprint density at radius 2 is 1.18 bits per heavy atom. The summed E-state index contributed by atoms with van der Waals surface area (Å²) in [6.07, 6.45) is -1.01. The number of hydrogen-bond donors (Lipinski definition) is 7. The molecule has 0 saturated carbocycles. The van der Waals surface area contributed by atoms with Crippen molar-refractivity contribution >= 4 is 41.3 Å². The van der Waals surface area contributed by atoms with Crippen LogP contribution in [0, 0.1) is 0 Å². The molecule has 0 bridgehead atoms. The third-order valence-corrected chi connectivity index (χ3v) is 9.41. The first kappa shape index (κ1) is 47.8. The number of primary amides is 1.